The van der Waals surface area contributed by atoms with E-state index in [2.05, 4.69) is 15.3 Å². The number of H-pyrrole nitrogens is 1. The lowest BCUT2D eigenvalue weighted by Crippen LogP contribution is -2.24. The van der Waals surface area contributed by atoms with Crippen molar-refractivity contribution < 1.29 is 9.59 Å². The monoisotopic (exact) mass is 413 g/mol. The molecule has 3 aromatic heterocycles. The van der Waals surface area contributed by atoms with Crippen LogP contribution in [0.3, 0.4) is 0 Å². The molecule has 7 nitrogen and oxygen atoms in total. The Kier molecular flexibility index (Phi) is 5.49. The summed E-state index contributed by atoms with van der Waals surface area (Å²) in [4.78, 5) is 31.9. The number of aryl methyl sites for hydroxylation is 1. The number of carbonyl (C=O) groups excluding carboxylic acids is 2. The fourth-order valence-corrected chi connectivity index (χ4v) is 3.77. The number of aromatic nitrogens is 4. The van der Waals surface area contributed by atoms with E-state index in [1.807, 2.05) is 48.7 Å². The smallest absolute Gasteiger partial charge is 0.268 e. The molecule has 4 rings (SSSR count). The highest BCUT2D eigenvalue weighted by molar-refractivity contribution is 6.02. The van der Waals surface area contributed by atoms with E-state index in [4.69, 9.17) is 5.10 Å². The maximum Gasteiger partial charge on any atom is 0.268 e. The average Bonchev–Trinajstić information content (AvgIpc) is 3.34. The van der Waals surface area contributed by atoms with Crippen molar-refractivity contribution in [3.63, 3.8) is 0 Å². The van der Waals surface area contributed by atoms with Crippen molar-refractivity contribution in [2.45, 2.75) is 27.3 Å². The molecule has 0 radical (unpaired) electrons. The summed E-state index contributed by atoms with van der Waals surface area (Å²) in [7, 11) is 0. The van der Waals surface area contributed by atoms with Crippen LogP contribution in [0.4, 0.5) is 0 Å². The second kappa shape index (κ2) is 8.39. The molecule has 0 unspecified atom stereocenters. The third-order valence-corrected chi connectivity index (χ3v) is 5.22. The van der Waals surface area contributed by atoms with Crippen LogP contribution in [0.2, 0.25) is 0 Å². The molecular weight excluding hydrogens is 390 g/mol. The van der Waals surface area contributed by atoms with Crippen molar-refractivity contribution in [2.75, 3.05) is 0 Å². The number of hydrogen-bond acceptors (Lipinski definition) is 4. The third kappa shape index (κ3) is 4.02. The molecule has 0 fully saturated rings. The number of pyridine rings is 1. The van der Waals surface area contributed by atoms with Crippen LogP contribution in [0, 0.1) is 13.8 Å². The minimum atomic E-state index is -0.263. The Morgan fingerprint density at radius 3 is 2.42 bits per heavy atom. The Bertz CT molecular complexity index is 1240. The zero-order valence-corrected chi connectivity index (χ0v) is 17.6. The van der Waals surface area contributed by atoms with Crippen LogP contribution in [-0.4, -0.2) is 31.4 Å². The first-order chi connectivity index (χ1) is 15.0. The molecule has 0 aliphatic carbocycles. The highest BCUT2D eigenvalue weighted by atomic mass is 16.2. The normalized spacial score (nSPS) is 10.8. The minimum absolute atomic E-state index is 0.0607. The second-order valence-electron chi connectivity index (χ2n) is 7.38. The molecule has 3 heterocycles. The summed E-state index contributed by atoms with van der Waals surface area (Å²) < 4.78 is 1.80. The van der Waals surface area contributed by atoms with E-state index in [1.54, 1.807) is 30.9 Å². The van der Waals surface area contributed by atoms with E-state index in [0.717, 1.165) is 22.5 Å². The maximum atomic E-state index is 12.9. The molecule has 2 N–H and O–H groups in total. The Hall–Kier alpha value is -4.00. The van der Waals surface area contributed by atoms with Crippen LogP contribution >= 0.6 is 0 Å². The molecule has 31 heavy (non-hydrogen) atoms. The van der Waals surface area contributed by atoms with Gasteiger partial charge in [0.05, 0.1) is 11.4 Å². The van der Waals surface area contributed by atoms with Crippen LogP contribution < -0.4 is 5.32 Å². The standard InChI is InChI=1S/C24H23N5O2/c1-15-21(17(3)30)16(2)27-22(15)24(31)26-13-19-14-29(20-7-5-4-6-8-20)28-23(19)18-9-11-25-12-10-18/h4-12,14,27H,13H2,1-3H3,(H,26,31). The first-order valence-corrected chi connectivity index (χ1v) is 9.98. The largest absolute Gasteiger partial charge is 0.354 e. The van der Waals surface area contributed by atoms with Gasteiger partial charge in [-0.3, -0.25) is 14.6 Å². The van der Waals surface area contributed by atoms with Gasteiger partial charge in [0.2, 0.25) is 0 Å². The van der Waals surface area contributed by atoms with Crippen molar-refractivity contribution in [1.82, 2.24) is 25.1 Å². The number of aromatic amines is 1. The van der Waals surface area contributed by atoms with Crippen LogP contribution in [0.1, 0.15) is 44.6 Å². The lowest BCUT2D eigenvalue weighted by molar-refractivity contribution is 0.0945. The van der Waals surface area contributed by atoms with Gasteiger partial charge in [0.25, 0.3) is 5.91 Å². The number of Topliss-reactive ketones (excluding diaryl/α,β-unsaturated/α-hetero) is 1. The minimum Gasteiger partial charge on any atom is -0.354 e. The van der Waals surface area contributed by atoms with E-state index >= 15 is 0 Å². The van der Waals surface area contributed by atoms with Crippen LogP contribution in [0.5, 0.6) is 0 Å². The Labute approximate surface area is 180 Å². The molecule has 7 heteroatoms. The quantitative estimate of drug-likeness (QED) is 0.467. The number of benzene rings is 1. The van der Waals surface area contributed by atoms with Gasteiger partial charge in [-0.1, -0.05) is 18.2 Å². The van der Waals surface area contributed by atoms with Crippen LogP contribution in [0.25, 0.3) is 16.9 Å². The van der Waals surface area contributed by atoms with E-state index < -0.39 is 0 Å². The number of carbonyl (C=O) groups is 2. The van der Waals surface area contributed by atoms with Gasteiger partial charge < -0.3 is 10.3 Å². The lowest BCUT2D eigenvalue weighted by Gasteiger charge is -2.06. The summed E-state index contributed by atoms with van der Waals surface area (Å²) in [5.41, 5.74) is 5.83. The molecule has 156 valence electrons. The molecule has 0 spiro atoms. The number of hydrogen-bond donors (Lipinski definition) is 2. The fourth-order valence-electron chi connectivity index (χ4n) is 3.77. The average molecular weight is 413 g/mol. The summed E-state index contributed by atoms with van der Waals surface area (Å²) >= 11 is 0. The van der Waals surface area contributed by atoms with Crippen molar-refractivity contribution in [1.29, 1.82) is 0 Å². The molecule has 0 saturated carbocycles. The van der Waals surface area contributed by atoms with Crippen molar-refractivity contribution in [3.05, 3.63) is 89.1 Å². The SMILES string of the molecule is CC(=O)c1c(C)[nH]c(C(=O)NCc2cn(-c3ccccc3)nc2-c2ccncc2)c1C. The van der Waals surface area contributed by atoms with E-state index in [1.165, 1.54) is 6.92 Å². The fraction of sp³-hybridized carbons (Fsp3) is 0.167. The van der Waals surface area contributed by atoms with Gasteiger partial charge in [0.1, 0.15) is 5.69 Å². The van der Waals surface area contributed by atoms with Crippen LogP contribution in [-0.2, 0) is 6.54 Å². The Balaban J connectivity index is 1.64. The van der Waals surface area contributed by atoms with Crippen molar-refractivity contribution >= 4 is 11.7 Å². The zero-order chi connectivity index (χ0) is 22.0. The molecule has 0 aliphatic heterocycles. The second-order valence-corrected chi connectivity index (χ2v) is 7.38. The third-order valence-electron chi connectivity index (χ3n) is 5.22. The first kappa shape index (κ1) is 20.3. The highest BCUT2D eigenvalue weighted by Gasteiger charge is 2.20. The number of rotatable bonds is 6. The van der Waals surface area contributed by atoms with Crippen molar-refractivity contribution in [3.8, 4) is 16.9 Å². The Morgan fingerprint density at radius 1 is 1.06 bits per heavy atom. The van der Waals surface area contributed by atoms with Gasteiger partial charge in [0, 0.05) is 47.5 Å². The molecule has 0 atom stereocenters. The number of nitrogens with zero attached hydrogens (tertiary/aromatic N) is 3. The van der Waals surface area contributed by atoms with Gasteiger partial charge in [-0.05, 0) is 50.6 Å². The molecule has 0 bridgehead atoms. The van der Waals surface area contributed by atoms with Gasteiger partial charge in [-0.15, -0.1) is 0 Å². The van der Waals surface area contributed by atoms with E-state index in [-0.39, 0.29) is 18.2 Å². The van der Waals surface area contributed by atoms with Gasteiger partial charge >= 0.3 is 0 Å². The highest BCUT2D eigenvalue weighted by Crippen LogP contribution is 2.24. The molecule has 0 aliphatic rings. The Morgan fingerprint density at radius 2 is 1.77 bits per heavy atom. The number of nitrogens with one attached hydrogen (secondary N) is 2. The van der Waals surface area contributed by atoms with Gasteiger partial charge in [-0.2, -0.15) is 5.10 Å². The summed E-state index contributed by atoms with van der Waals surface area (Å²) in [6, 6.07) is 13.6. The summed E-state index contributed by atoms with van der Waals surface area (Å²) in [6.45, 7) is 5.37. The van der Waals surface area contributed by atoms with E-state index in [9.17, 15) is 9.59 Å². The summed E-state index contributed by atoms with van der Waals surface area (Å²) in [5, 5.41) is 7.71. The zero-order valence-electron chi connectivity index (χ0n) is 17.6. The van der Waals surface area contributed by atoms with Crippen molar-refractivity contribution in [2.24, 2.45) is 0 Å². The predicted octanol–water partition coefficient (Wildman–Crippen LogP) is 4.01. The number of para-hydroxylation sites is 1. The molecule has 1 amide bonds. The van der Waals surface area contributed by atoms with E-state index in [0.29, 0.717) is 22.5 Å². The maximum absolute atomic E-state index is 12.9. The molecule has 4 aromatic rings. The molecular formula is C24H23N5O2. The summed E-state index contributed by atoms with van der Waals surface area (Å²) in [5.74, 6) is -0.323. The summed E-state index contributed by atoms with van der Waals surface area (Å²) in [6.07, 6.45) is 5.35. The first-order valence-electron chi connectivity index (χ1n) is 9.98. The predicted molar refractivity (Wildman–Crippen MR) is 118 cm³/mol. The van der Waals surface area contributed by atoms with Gasteiger partial charge in [-0.25, -0.2) is 4.68 Å². The molecule has 0 saturated heterocycles. The number of amides is 1. The topological polar surface area (TPSA) is 92.7 Å². The molecule has 1 aromatic carbocycles. The van der Waals surface area contributed by atoms with Gasteiger partial charge in [0.15, 0.2) is 5.78 Å². The van der Waals surface area contributed by atoms with Crippen LogP contribution in [0.15, 0.2) is 61.1 Å². The lowest BCUT2D eigenvalue weighted by atomic mass is 10.1. The number of ketones is 1.